The van der Waals surface area contributed by atoms with E-state index in [-0.39, 0.29) is 36.7 Å². The number of rotatable bonds is 5. The van der Waals surface area contributed by atoms with Crippen LogP contribution >= 0.6 is 35.0 Å². The van der Waals surface area contributed by atoms with Crippen molar-refractivity contribution >= 4 is 52.5 Å². The van der Waals surface area contributed by atoms with E-state index in [1.54, 1.807) is 0 Å². The average Bonchev–Trinajstić information content (AvgIpc) is 2.39. The minimum absolute atomic E-state index is 0. The molecule has 0 saturated heterocycles. The van der Waals surface area contributed by atoms with Gasteiger partial charge >= 0.3 is 0 Å². The van der Waals surface area contributed by atoms with Crippen LogP contribution in [0.2, 0.25) is 0 Å². The van der Waals surface area contributed by atoms with Crippen LogP contribution in [0.1, 0.15) is 19.4 Å². The molecule has 0 bridgehead atoms. The first kappa shape index (κ1) is 20.1. The molecule has 0 aliphatic carbocycles. The van der Waals surface area contributed by atoms with Gasteiger partial charge in [0.15, 0.2) is 0 Å². The van der Waals surface area contributed by atoms with Gasteiger partial charge in [-0.2, -0.15) is 0 Å². The molecule has 0 aliphatic rings. The van der Waals surface area contributed by atoms with Gasteiger partial charge in [-0.25, -0.2) is 0 Å². The van der Waals surface area contributed by atoms with Crippen molar-refractivity contribution in [1.29, 1.82) is 0 Å². The second-order valence-electron chi connectivity index (χ2n) is 5.00. The maximum Gasteiger partial charge on any atom is 0.243 e. The van der Waals surface area contributed by atoms with E-state index < -0.39 is 6.04 Å². The van der Waals surface area contributed by atoms with E-state index in [0.29, 0.717) is 5.69 Å². The zero-order valence-corrected chi connectivity index (χ0v) is 15.2. The lowest BCUT2D eigenvalue weighted by Crippen LogP contribution is -2.46. The molecule has 7 heteroatoms. The van der Waals surface area contributed by atoms with Crippen molar-refractivity contribution in [3.05, 3.63) is 27.3 Å². The van der Waals surface area contributed by atoms with Gasteiger partial charge in [0.25, 0.3) is 0 Å². The highest BCUT2D eigenvalue weighted by Gasteiger charge is 2.17. The number of hydrogen-bond donors (Lipinski definition) is 3. The third-order valence-electron chi connectivity index (χ3n) is 2.90. The summed E-state index contributed by atoms with van der Waals surface area (Å²) < 4.78 is 1.08. The molecular weight excluding hydrogens is 405 g/mol. The van der Waals surface area contributed by atoms with E-state index in [1.807, 2.05) is 39.0 Å². The smallest absolute Gasteiger partial charge is 0.243 e. The first-order chi connectivity index (χ1) is 9.31. The van der Waals surface area contributed by atoms with Crippen LogP contribution < -0.4 is 16.4 Å². The van der Waals surface area contributed by atoms with Crippen LogP contribution in [-0.2, 0) is 9.59 Å². The monoisotopic (exact) mass is 425 g/mol. The number of anilines is 1. The summed E-state index contributed by atoms with van der Waals surface area (Å²) in [6.45, 7) is 5.64. The van der Waals surface area contributed by atoms with Crippen LogP contribution in [0.3, 0.4) is 0 Å². The number of halogens is 2. The fourth-order valence-electron chi connectivity index (χ4n) is 1.46. The lowest BCUT2D eigenvalue weighted by atomic mass is 10.1. The van der Waals surface area contributed by atoms with E-state index in [4.69, 9.17) is 5.73 Å². The minimum Gasteiger partial charge on any atom is -0.346 e. The van der Waals surface area contributed by atoms with Crippen LogP contribution in [-0.4, -0.2) is 24.4 Å². The summed E-state index contributed by atoms with van der Waals surface area (Å²) in [7, 11) is 0. The first-order valence-electron chi connectivity index (χ1n) is 6.40. The van der Waals surface area contributed by atoms with Crippen molar-refractivity contribution in [3.8, 4) is 0 Å². The Bertz CT molecular complexity index is 509. The number of amides is 2. The number of benzene rings is 1. The third-order valence-corrected chi connectivity index (χ3v) is 4.06. The lowest BCUT2D eigenvalue weighted by molar-refractivity contribution is -0.125. The van der Waals surface area contributed by atoms with Gasteiger partial charge in [-0.15, -0.1) is 12.4 Å². The second kappa shape index (κ2) is 9.22. The molecule has 0 heterocycles. The Morgan fingerprint density at radius 2 is 1.95 bits per heavy atom. The van der Waals surface area contributed by atoms with Gasteiger partial charge in [-0.3, -0.25) is 9.59 Å². The van der Waals surface area contributed by atoms with Gasteiger partial charge in [0.05, 0.1) is 12.6 Å². The molecule has 0 unspecified atom stereocenters. The zero-order chi connectivity index (χ0) is 15.3. The quantitative estimate of drug-likeness (QED) is 0.631. The maximum atomic E-state index is 11.7. The summed E-state index contributed by atoms with van der Waals surface area (Å²) in [5.74, 6) is -0.542. The highest BCUT2D eigenvalue weighted by Crippen LogP contribution is 2.16. The Morgan fingerprint density at radius 1 is 1.33 bits per heavy atom. The molecule has 1 aromatic rings. The van der Waals surface area contributed by atoms with E-state index in [1.165, 1.54) is 0 Å². The van der Waals surface area contributed by atoms with Crippen molar-refractivity contribution in [2.24, 2.45) is 11.7 Å². The predicted molar refractivity (Wildman–Crippen MR) is 95.6 cm³/mol. The molecule has 1 aromatic carbocycles. The molecule has 0 radical (unpaired) electrons. The molecule has 4 N–H and O–H groups in total. The molecule has 21 heavy (non-hydrogen) atoms. The number of aryl methyl sites for hydroxylation is 1. The Kier molecular flexibility index (Phi) is 8.84. The standard InChI is InChI=1S/C14H20IN3O2.ClH/c1-8(2)13(16)14(20)17-7-12(19)18-10-5-4-9(3)11(15)6-10;/h4-6,8,13H,7,16H2,1-3H3,(H,17,20)(H,18,19);1H/t13-;/m0./s1. The molecule has 2 amide bonds. The topological polar surface area (TPSA) is 84.2 Å². The van der Waals surface area contributed by atoms with Crippen LogP contribution in [0, 0.1) is 16.4 Å². The second-order valence-corrected chi connectivity index (χ2v) is 6.16. The molecule has 0 saturated carbocycles. The molecule has 118 valence electrons. The molecular formula is C14H21ClIN3O2. The SMILES string of the molecule is Cc1ccc(NC(=O)CNC(=O)[C@@H](N)C(C)C)cc1I.Cl. The summed E-state index contributed by atoms with van der Waals surface area (Å²) in [5, 5.41) is 5.27. The Hall–Kier alpha value is -0.860. The predicted octanol–water partition coefficient (Wildman–Crippen LogP) is 2.06. The zero-order valence-electron chi connectivity index (χ0n) is 12.3. The summed E-state index contributed by atoms with van der Waals surface area (Å²) in [6, 6.07) is 5.06. The van der Waals surface area contributed by atoms with E-state index in [2.05, 4.69) is 33.2 Å². The molecule has 1 rings (SSSR count). The van der Waals surface area contributed by atoms with Crippen LogP contribution in [0.15, 0.2) is 18.2 Å². The van der Waals surface area contributed by atoms with Gasteiger partial charge in [-0.05, 0) is 53.1 Å². The number of nitrogens with one attached hydrogen (secondary N) is 2. The molecule has 5 nitrogen and oxygen atoms in total. The van der Waals surface area contributed by atoms with Crippen molar-refractivity contribution in [2.45, 2.75) is 26.8 Å². The van der Waals surface area contributed by atoms with Crippen LogP contribution in [0.4, 0.5) is 5.69 Å². The normalized spacial score (nSPS) is 11.5. The van der Waals surface area contributed by atoms with Gasteiger partial charge in [0.2, 0.25) is 11.8 Å². The van der Waals surface area contributed by atoms with E-state index in [0.717, 1.165) is 9.13 Å². The van der Waals surface area contributed by atoms with Gasteiger partial charge in [-0.1, -0.05) is 19.9 Å². The van der Waals surface area contributed by atoms with Crippen molar-refractivity contribution in [3.63, 3.8) is 0 Å². The minimum atomic E-state index is -0.594. The van der Waals surface area contributed by atoms with Crippen molar-refractivity contribution in [1.82, 2.24) is 5.32 Å². The highest BCUT2D eigenvalue weighted by molar-refractivity contribution is 14.1. The summed E-state index contributed by atoms with van der Waals surface area (Å²) in [4.78, 5) is 23.4. The van der Waals surface area contributed by atoms with Crippen molar-refractivity contribution < 1.29 is 9.59 Å². The molecule has 0 spiro atoms. The number of nitrogens with two attached hydrogens (primary N) is 1. The van der Waals surface area contributed by atoms with Crippen LogP contribution in [0.5, 0.6) is 0 Å². The Morgan fingerprint density at radius 3 is 2.48 bits per heavy atom. The third kappa shape index (κ3) is 6.62. The number of hydrogen-bond acceptors (Lipinski definition) is 3. The summed E-state index contributed by atoms with van der Waals surface area (Å²) >= 11 is 2.21. The summed E-state index contributed by atoms with van der Waals surface area (Å²) in [5.41, 5.74) is 7.56. The highest BCUT2D eigenvalue weighted by atomic mass is 127. The number of carbonyl (C=O) groups excluding carboxylic acids is 2. The molecule has 1 atom stereocenters. The molecule has 0 aromatic heterocycles. The molecule has 0 fully saturated rings. The van der Waals surface area contributed by atoms with Gasteiger partial charge < -0.3 is 16.4 Å². The fourth-order valence-corrected chi connectivity index (χ4v) is 1.98. The Balaban J connectivity index is 0.00000400. The van der Waals surface area contributed by atoms with E-state index in [9.17, 15) is 9.59 Å². The van der Waals surface area contributed by atoms with Crippen molar-refractivity contribution in [2.75, 3.05) is 11.9 Å². The average molecular weight is 426 g/mol. The molecule has 0 aliphatic heterocycles. The maximum absolute atomic E-state index is 11.7. The van der Waals surface area contributed by atoms with Gasteiger partial charge in [0, 0.05) is 9.26 Å². The van der Waals surface area contributed by atoms with Crippen LogP contribution in [0.25, 0.3) is 0 Å². The first-order valence-corrected chi connectivity index (χ1v) is 7.48. The summed E-state index contributed by atoms with van der Waals surface area (Å²) in [6.07, 6.45) is 0. The fraction of sp³-hybridized carbons (Fsp3) is 0.429. The number of carbonyl (C=O) groups is 2. The lowest BCUT2D eigenvalue weighted by Gasteiger charge is -2.15. The van der Waals surface area contributed by atoms with Gasteiger partial charge in [0.1, 0.15) is 0 Å². The largest absolute Gasteiger partial charge is 0.346 e. The Labute approximate surface area is 145 Å². The van der Waals surface area contributed by atoms with E-state index >= 15 is 0 Å².